The molecule has 0 aromatic heterocycles. The molecule has 0 rings (SSSR count). The fourth-order valence-electron chi connectivity index (χ4n) is 0.495. The third kappa shape index (κ3) is 5.20. The summed E-state index contributed by atoms with van der Waals surface area (Å²) in [5, 5.41) is 0.941. The van der Waals surface area contributed by atoms with Crippen LogP contribution in [0.1, 0.15) is 20.3 Å². The van der Waals surface area contributed by atoms with Crippen molar-refractivity contribution in [3.05, 3.63) is 0 Å². The van der Waals surface area contributed by atoms with Gasteiger partial charge in [-0.05, 0) is 18.1 Å². The quantitative estimate of drug-likeness (QED) is 0.492. The fraction of sp³-hybridized carbons (Fsp3) is 1.00. The molecule has 0 bridgehead atoms. The van der Waals surface area contributed by atoms with Gasteiger partial charge in [-0.25, -0.2) is 0 Å². The van der Waals surface area contributed by atoms with Crippen molar-refractivity contribution in [2.75, 3.05) is 6.54 Å². The number of rotatable bonds is 5. The Morgan fingerprint density at radius 3 is 2.50 bits per heavy atom. The molecule has 3 radical (unpaired) electrons. The Bertz CT molecular complexity index is 76.0. The summed E-state index contributed by atoms with van der Waals surface area (Å²) in [7, 11) is 0.945. The second kappa shape index (κ2) is 6.13. The van der Waals surface area contributed by atoms with E-state index in [0.717, 1.165) is 14.8 Å². The molecule has 10 heavy (non-hydrogen) atoms. The maximum Gasteiger partial charge on any atom is 0.138 e. The van der Waals surface area contributed by atoms with Crippen molar-refractivity contribution < 1.29 is 0 Å². The van der Waals surface area contributed by atoms with E-state index in [1.165, 1.54) is 13.0 Å². The number of hydrogen-bond acceptors (Lipinski definition) is 1. The first kappa shape index (κ1) is 10.4. The van der Waals surface area contributed by atoms with E-state index in [4.69, 9.17) is 0 Å². The van der Waals surface area contributed by atoms with Crippen molar-refractivity contribution in [1.82, 2.24) is 4.98 Å². The van der Waals surface area contributed by atoms with Crippen molar-refractivity contribution in [2.24, 2.45) is 0 Å². The predicted octanol–water partition coefficient (Wildman–Crippen LogP) is 1.71. The Kier molecular flexibility index (Phi) is 6.37. The molecular weight excluding hydrogens is 154 g/mol. The lowest BCUT2D eigenvalue weighted by atomic mass is 10.5. The summed E-state index contributed by atoms with van der Waals surface area (Å²) in [4.78, 5) is 3.47. The van der Waals surface area contributed by atoms with Gasteiger partial charge < -0.3 is 4.98 Å². The highest BCUT2D eigenvalue weighted by Gasteiger charge is 2.08. The lowest BCUT2D eigenvalue weighted by molar-refractivity contribution is 0.854. The zero-order valence-electron chi connectivity index (χ0n) is 7.49. The zero-order valence-corrected chi connectivity index (χ0v) is 9.49. The molecule has 3 heteroatoms. The van der Waals surface area contributed by atoms with Crippen LogP contribution < -0.4 is 4.98 Å². The highest BCUT2D eigenvalue weighted by molar-refractivity contribution is 6.69. The first-order chi connectivity index (χ1) is 4.68. The Hall–Kier alpha value is 0.394. The largest absolute Gasteiger partial charge is 0.339 e. The standard InChI is InChI=1S/C7H18NSi2/c1-5-6-8-9-7(2)10(3)4/h7-8H,5-6H2,1-4H3. The minimum Gasteiger partial charge on any atom is -0.339 e. The zero-order chi connectivity index (χ0) is 7.98. The van der Waals surface area contributed by atoms with Gasteiger partial charge in [0.25, 0.3) is 0 Å². The van der Waals surface area contributed by atoms with Crippen molar-refractivity contribution in [1.29, 1.82) is 0 Å². The second-order valence-electron chi connectivity index (χ2n) is 2.87. The van der Waals surface area contributed by atoms with Crippen LogP contribution in [0, 0.1) is 0 Å². The van der Waals surface area contributed by atoms with E-state index in [0.29, 0.717) is 0 Å². The Labute approximate surface area is 69.1 Å². The number of nitrogens with one attached hydrogen (secondary N) is 1. The molecule has 0 aliphatic rings. The minimum atomic E-state index is -0.0430. The average Bonchev–Trinajstić information content (AvgIpc) is 1.88. The Morgan fingerprint density at radius 1 is 1.50 bits per heavy atom. The first-order valence-corrected chi connectivity index (χ1v) is 7.62. The molecule has 0 aromatic rings. The molecule has 1 nitrogen and oxygen atoms in total. The van der Waals surface area contributed by atoms with Gasteiger partial charge in [0.05, 0.1) is 0 Å². The molecule has 59 valence electrons. The van der Waals surface area contributed by atoms with Gasteiger partial charge in [-0.3, -0.25) is 0 Å². The summed E-state index contributed by atoms with van der Waals surface area (Å²) in [5.74, 6) is 0. The molecule has 0 aliphatic carbocycles. The molecule has 0 saturated heterocycles. The highest BCUT2D eigenvalue weighted by Crippen LogP contribution is 2.03. The van der Waals surface area contributed by atoms with E-state index in [-0.39, 0.29) is 8.80 Å². The van der Waals surface area contributed by atoms with Gasteiger partial charge in [-0.15, -0.1) is 0 Å². The minimum absolute atomic E-state index is 0.0430. The first-order valence-electron chi connectivity index (χ1n) is 3.97. The maximum atomic E-state index is 3.47. The van der Waals surface area contributed by atoms with Gasteiger partial charge >= 0.3 is 0 Å². The molecule has 0 aromatic carbocycles. The third-order valence-corrected chi connectivity index (χ3v) is 6.34. The van der Waals surface area contributed by atoms with Crippen LogP contribution in [0.2, 0.25) is 18.3 Å². The van der Waals surface area contributed by atoms with Crippen LogP contribution in [0.25, 0.3) is 0 Å². The third-order valence-electron chi connectivity index (χ3n) is 1.56. The molecular formula is C7H18NSi2. The van der Waals surface area contributed by atoms with Crippen LogP contribution in [0.4, 0.5) is 0 Å². The van der Waals surface area contributed by atoms with Gasteiger partial charge in [0.2, 0.25) is 0 Å². The molecule has 0 spiro atoms. The summed E-state index contributed by atoms with van der Waals surface area (Å²) in [5.41, 5.74) is 0. The van der Waals surface area contributed by atoms with Crippen LogP contribution in [-0.4, -0.2) is 25.0 Å². The predicted molar refractivity (Wildman–Crippen MR) is 51.0 cm³/mol. The van der Waals surface area contributed by atoms with Crippen molar-refractivity contribution in [3.63, 3.8) is 0 Å². The van der Waals surface area contributed by atoms with E-state index in [1.807, 2.05) is 0 Å². The topological polar surface area (TPSA) is 12.0 Å². The van der Waals surface area contributed by atoms with Crippen LogP contribution in [0.5, 0.6) is 0 Å². The second-order valence-corrected chi connectivity index (χ2v) is 7.98. The maximum absolute atomic E-state index is 3.47. The lowest BCUT2D eigenvalue weighted by Crippen LogP contribution is -2.28. The smallest absolute Gasteiger partial charge is 0.138 e. The van der Waals surface area contributed by atoms with Crippen LogP contribution >= 0.6 is 0 Å². The molecule has 0 saturated carbocycles. The van der Waals surface area contributed by atoms with Gasteiger partial charge in [-0.2, -0.15) is 0 Å². The summed E-state index contributed by atoms with van der Waals surface area (Å²) < 4.78 is 0. The van der Waals surface area contributed by atoms with E-state index in [2.05, 4.69) is 31.9 Å². The van der Waals surface area contributed by atoms with E-state index >= 15 is 0 Å². The Balaban J connectivity index is 3.13. The fourth-order valence-corrected chi connectivity index (χ4v) is 2.66. The van der Waals surface area contributed by atoms with Crippen LogP contribution in [0.15, 0.2) is 0 Å². The SMILES string of the molecule is CCCN[Si]C(C)[Si](C)C. The van der Waals surface area contributed by atoms with E-state index < -0.39 is 0 Å². The molecule has 1 atom stereocenters. The number of hydrogen-bond donors (Lipinski definition) is 1. The summed E-state index contributed by atoms with van der Waals surface area (Å²) in [6.45, 7) is 10.5. The summed E-state index contributed by atoms with van der Waals surface area (Å²) >= 11 is 0. The van der Waals surface area contributed by atoms with Crippen LogP contribution in [0.3, 0.4) is 0 Å². The molecule has 0 amide bonds. The van der Waals surface area contributed by atoms with Crippen molar-refractivity contribution >= 4 is 18.5 Å². The Morgan fingerprint density at radius 2 is 2.10 bits per heavy atom. The van der Waals surface area contributed by atoms with Gasteiger partial charge in [0.15, 0.2) is 0 Å². The molecule has 1 unspecified atom stereocenters. The van der Waals surface area contributed by atoms with E-state index in [9.17, 15) is 0 Å². The molecule has 0 aliphatic heterocycles. The summed E-state index contributed by atoms with van der Waals surface area (Å²) in [6.07, 6.45) is 1.26. The van der Waals surface area contributed by atoms with Gasteiger partial charge in [-0.1, -0.05) is 26.9 Å². The summed E-state index contributed by atoms with van der Waals surface area (Å²) in [6, 6.07) is 0. The monoisotopic (exact) mass is 172 g/mol. The van der Waals surface area contributed by atoms with Gasteiger partial charge in [0, 0.05) is 8.80 Å². The van der Waals surface area contributed by atoms with Gasteiger partial charge in [0.1, 0.15) is 9.68 Å². The normalized spacial score (nSPS) is 14.1. The van der Waals surface area contributed by atoms with Crippen LogP contribution in [-0.2, 0) is 0 Å². The van der Waals surface area contributed by atoms with Crippen molar-refractivity contribution in [3.8, 4) is 0 Å². The molecule has 0 heterocycles. The van der Waals surface area contributed by atoms with E-state index in [1.54, 1.807) is 0 Å². The molecule has 1 N–H and O–H groups in total. The molecule has 0 fully saturated rings. The average molecular weight is 172 g/mol. The lowest BCUT2D eigenvalue weighted by Gasteiger charge is -2.12. The van der Waals surface area contributed by atoms with Crippen molar-refractivity contribution in [2.45, 2.75) is 38.5 Å². The highest BCUT2D eigenvalue weighted by atomic mass is 28.3.